The van der Waals surface area contributed by atoms with Gasteiger partial charge in [-0.05, 0) is 73.6 Å². The zero-order chi connectivity index (χ0) is 19.9. The third-order valence-electron chi connectivity index (χ3n) is 6.00. The summed E-state index contributed by atoms with van der Waals surface area (Å²) in [4.78, 5) is 12.9. The van der Waals surface area contributed by atoms with Crippen molar-refractivity contribution in [1.29, 1.82) is 0 Å². The molecule has 4 rings (SSSR count). The molecular weight excluding hydrogens is 396 g/mol. The van der Waals surface area contributed by atoms with Crippen LogP contribution in [0.4, 0.5) is 5.69 Å². The zero-order valence-corrected chi connectivity index (χ0v) is 17.2. The van der Waals surface area contributed by atoms with Crippen molar-refractivity contribution in [3.8, 4) is 0 Å². The maximum Gasteiger partial charge on any atom is 0.264 e. The molecule has 148 valence electrons. The van der Waals surface area contributed by atoms with Crippen LogP contribution in [0.15, 0.2) is 53.4 Å². The smallest absolute Gasteiger partial charge is 0.264 e. The second kappa shape index (κ2) is 7.41. The molecule has 2 fully saturated rings. The Bertz CT molecular complexity index is 991. The van der Waals surface area contributed by atoms with Crippen molar-refractivity contribution in [2.24, 2.45) is 11.8 Å². The third kappa shape index (κ3) is 3.63. The van der Waals surface area contributed by atoms with Crippen molar-refractivity contribution in [1.82, 2.24) is 5.32 Å². The predicted octanol–water partition coefficient (Wildman–Crippen LogP) is 4.08. The van der Waals surface area contributed by atoms with Crippen molar-refractivity contribution in [3.05, 3.63) is 59.1 Å². The molecule has 0 radical (unpaired) electrons. The highest BCUT2D eigenvalue weighted by Crippen LogP contribution is 2.44. The molecule has 2 aromatic rings. The van der Waals surface area contributed by atoms with E-state index >= 15 is 0 Å². The molecule has 0 unspecified atom stereocenters. The molecule has 3 atom stereocenters. The fourth-order valence-electron chi connectivity index (χ4n) is 4.42. The van der Waals surface area contributed by atoms with Gasteiger partial charge < -0.3 is 5.32 Å². The van der Waals surface area contributed by atoms with E-state index in [4.69, 9.17) is 11.6 Å². The lowest BCUT2D eigenvalue weighted by atomic mass is 9.95. The van der Waals surface area contributed by atoms with Gasteiger partial charge in [0.1, 0.15) is 0 Å². The number of fused-ring (bicyclic) bond motifs is 2. The molecule has 5 nitrogen and oxygen atoms in total. The number of amides is 1. The van der Waals surface area contributed by atoms with Gasteiger partial charge in [-0.2, -0.15) is 0 Å². The second-order valence-electron chi connectivity index (χ2n) is 7.73. The molecule has 2 aliphatic rings. The fraction of sp³-hybridized carbons (Fsp3) is 0.381. The van der Waals surface area contributed by atoms with Gasteiger partial charge in [-0.1, -0.05) is 24.1 Å². The van der Waals surface area contributed by atoms with Gasteiger partial charge in [0.2, 0.25) is 0 Å². The molecular formula is C21H23ClN2O3S. The number of carbonyl (C=O) groups is 1. The number of nitrogens with zero attached hydrogens (tertiary/aromatic N) is 1. The van der Waals surface area contributed by atoms with E-state index in [0.29, 0.717) is 22.2 Å². The summed E-state index contributed by atoms with van der Waals surface area (Å²) in [6.07, 6.45) is 4.74. The lowest BCUT2D eigenvalue weighted by Crippen LogP contribution is -2.38. The van der Waals surface area contributed by atoms with Crippen LogP contribution in [0.3, 0.4) is 0 Å². The Morgan fingerprint density at radius 2 is 1.86 bits per heavy atom. The average Bonchev–Trinajstić information content (AvgIpc) is 3.31. The first-order valence-corrected chi connectivity index (χ1v) is 11.3. The highest BCUT2D eigenvalue weighted by atomic mass is 35.5. The number of halogens is 1. The van der Waals surface area contributed by atoms with Crippen LogP contribution in [0.1, 0.15) is 36.0 Å². The van der Waals surface area contributed by atoms with Crippen LogP contribution in [0.5, 0.6) is 0 Å². The molecule has 2 aromatic carbocycles. The number of benzene rings is 2. The lowest BCUT2D eigenvalue weighted by molar-refractivity contribution is 0.0923. The Kier molecular flexibility index (Phi) is 5.10. The number of anilines is 1. The highest BCUT2D eigenvalue weighted by molar-refractivity contribution is 7.92. The largest absolute Gasteiger partial charge is 0.349 e. The molecule has 2 saturated carbocycles. The fourth-order valence-corrected chi connectivity index (χ4v) is 5.73. The molecule has 1 amide bonds. The minimum absolute atomic E-state index is 0.142. The Labute approximate surface area is 170 Å². The summed E-state index contributed by atoms with van der Waals surface area (Å²) in [6.45, 7) is 0. The number of rotatable bonds is 5. The number of carbonyl (C=O) groups excluding carboxylic acids is 1. The monoisotopic (exact) mass is 418 g/mol. The van der Waals surface area contributed by atoms with Crippen molar-refractivity contribution < 1.29 is 13.2 Å². The molecule has 2 bridgehead atoms. The molecule has 0 aliphatic heterocycles. The quantitative estimate of drug-likeness (QED) is 0.795. The van der Waals surface area contributed by atoms with Crippen molar-refractivity contribution >= 4 is 33.2 Å². The van der Waals surface area contributed by atoms with E-state index in [1.807, 2.05) is 0 Å². The number of hydrogen-bond donors (Lipinski definition) is 1. The summed E-state index contributed by atoms with van der Waals surface area (Å²) < 4.78 is 26.9. The number of sulfonamides is 1. The molecule has 7 heteroatoms. The molecule has 0 aromatic heterocycles. The van der Waals surface area contributed by atoms with Gasteiger partial charge in [-0.25, -0.2) is 8.42 Å². The van der Waals surface area contributed by atoms with Gasteiger partial charge in [0, 0.05) is 23.7 Å². The van der Waals surface area contributed by atoms with Crippen LogP contribution in [0, 0.1) is 11.8 Å². The van der Waals surface area contributed by atoms with E-state index in [1.54, 1.807) is 36.4 Å². The number of hydrogen-bond acceptors (Lipinski definition) is 3. The molecule has 0 saturated heterocycles. The van der Waals surface area contributed by atoms with Crippen LogP contribution in [-0.4, -0.2) is 27.4 Å². The normalized spacial score (nSPS) is 23.6. The van der Waals surface area contributed by atoms with Crippen LogP contribution in [0.2, 0.25) is 5.02 Å². The van der Waals surface area contributed by atoms with Crippen LogP contribution in [-0.2, 0) is 10.0 Å². The predicted molar refractivity (Wildman–Crippen MR) is 110 cm³/mol. The summed E-state index contributed by atoms with van der Waals surface area (Å²) in [5, 5.41) is 3.62. The SMILES string of the molecule is CN(c1cccc(C(=O)N[C@@H]2C[C@@H]3CC[C@@H]2C3)c1)S(=O)(=O)c1ccc(Cl)cc1. The molecule has 1 N–H and O–H groups in total. The Morgan fingerprint density at radius 3 is 2.50 bits per heavy atom. The van der Waals surface area contributed by atoms with Gasteiger partial charge in [0.15, 0.2) is 0 Å². The maximum atomic E-state index is 12.9. The second-order valence-corrected chi connectivity index (χ2v) is 10.1. The summed E-state index contributed by atoms with van der Waals surface area (Å²) in [5.74, 6) is 1.19. The summed E-state index contributed by atoms with van der Waals surface area (Å²) >= 11 is 5.85. The minimum atomic E-state index is -3.74. The summed E-state index contributed by atoms with van der Waals surface area (Å²) in [6, 6.07) is 13.0. The minimum Gasteiger partial charge on any atom is -0.349 e. The van der Waals surface area contributed by atoms with E-state index in [2.05, 4.69) is 5.32 Å². The van der Waals surface area contributed by atoms with Gasteiger partial charge in [-0.3, -0.25) is 9.10 Å². The third-order valence-corrected chi connectivity index (χ3v) is 8.05. The van der Waals surface area contributed by atoms with Crippen LogP contribution in [0.25, 0.3) is 0 Å². The van der Waals surface area contributed by atoms with E-state index in [0.717, 1.165) is 12.3 Å². The topological polar surface area (TPSA) is 66.5 Å². The van der Waals surface area contributed by atoms with Crippen molar-refractivity contribution in [2.75, 3.05) is 11.4 Å². The first-order chi connectivity index (χ1) is 13.3. The van der Waals surface area contributed by atoms with E-state index in [-0.39, 0.29) is 16.8 Å². The van der Waals surface area contributed by atoms with Crippen molar-refractivity contribution in [2.45, 2.75) is 36.6 Å². The van der Waals surface area contributed by atoms with E-state index in [9.17, 15) is 13.2 Å². The number of nitrogens with one attached hydrogen (secondary N) is 1. The van der Waals surface area contributed by atoms with Crippen LogP contribution < -0.4 is 9.62 Å². The Hall–Kier alpha value is -2.05. The van der Waals surface area contributed by atoms with Gasteiger partial charge in [0.05, 0.1) is 10.6 Å². The van der Waals surface area contributed by atoms with Crippen molar-refractivity contribution in [3.63, 3.8) is 0 Å². The zero-order valence-electron chi connectivity index (χ0n) is 15.6. The average molecular weight is 419 g/mol. The first-order valence-electron chi connectivity index (χ1n) is 9.50. The van der Waals surface area contributed by atoms with Gasteiger partial charge in [0.25, 0.3) is 15.9 Å². The molecule has 0 spiro atoms. The highest BCUT2D eigenvalue weighted by Gasteiger charge is 2.40. The molecule has 0 heterocycles. The van der Waals surface area contributed by atoms with E-state index in [1.165, 1.54) is 42.7 Å². The first kappa shape index (κ1) is 19.3. The van der Waals surface area contributed by atoms with E-state index < -0.39 is 10.0 Å². The Morgan fingerprint density at radius 1 is 1.11 bits per heavy atom. The summed E-state index contributed by atoms with van der Waals surface area (Å²) in [7, 11) is -2.25. The molecule has 28 heavy (non-hydrogen) atoms. The molecule has 2 aliphatic carbocycles. The standard InChI is InChI=1S/C21H23ClN2O3S/c1-24(28(26,27)19-9-7-17(22)8-10-19)18-4-2-3-16(13-18)21(25)23-20-12-14-5-6-15(20)11-14/h2-4,7-10,13-15,20H,5-6,11-12H2,1H3,(H,23,25)/t14-,15-,20-/m1/s1. The maximum absolute atomic E-state index is 12.9. The van der Waals surface area contributed by atoms with Crippen LogP contribution >= 0.6 is 11.6 Å². The van der Waals surface area contributed by atoms with Gasteiger partial charge >= 0.3 is 0 Å². The Balaban J connectivity index is 1.52. The lowest BCUT2D eigenvalue weighted by Gasteiger charge is -2.23. The summed E-state index contributed by atoms with van der Waals surface area (Å²) in [5.41, 5.74) is 0.911. The van der Waals surface area contributed by atoms with Gasteiger partial charge in [-0.15, -0.1) is 0 Å².